The third-order valence-corrected chi connectivity index (χ3v) is 9.44. The molecular weight excluding hydrogens is 274 g/mol. The van der Waals surface area contributed by atoms with Crippen molar-refractivity contribution >= 4 is 22.4 Å². The third-order valence-electron chi connectivity index (χ3n) is 4.01. The summed E-state index contributed by atoms with van der Waals surface area (Å²) in [6.07, 6.45) is 8.56. The van der Waals surface area contributed by atoms with Crippen LogP contribution < -0.4 is 0 Å². The summed E-state index contributed by atoms with van der Waals surface area (Å²) in [6, 6.07) is 2.67. The van der Waals surface area contributed by atoms with Crippen LogP contribution in [0.2, 0.25) is 38.3 Å². The van der Waals surface area contributed by atoms with Gasteiger partial charge in [-0.1, -0.05) is 51.5 Å². The molecule has 0 aliphatic heterocycles. The van der Waals surface area contributed by atoms with Crippen LogP contribution >= 0.6 is 0 Å². The Morgan fingerprint density at radius 2 is 1.35 bits per heavy atom. The Labute approximate surface area is 129 Å². The van der Waals surface area contributed by atoms with Gasteiger partial charge in [0.2, 0.25) is 0 Å². The fourth-order valence-electron chi connectivity index (χ4n) is 1.96. The molecule has 0 aliphatic carbocycles. The summed E-state index contributed by atoms with van der Waals surface area (Å²) >= 11 is 0. The minimum atomic E-state index is -1.12. The van der Waals surface area contributed by atoms with Crippen LogP contribution in [0.4, 0.5) is 0 Å². The van der Waals surface area contributed by atoms with Crippen molar-refractivity contribution in [2.75, 3.05) is 6.54 Å². The molecular formula is C17H35NSi2. The van der Waals surface area contributed by atoms with Gasteiger partial charge in [0.05, 0.1) is 16.1 Å². The van der Waals surface area contributed by atoms with Gasteiger partial charge in [-0.05, 0) is 25.1 Å². The van der Waals surface area contributed by atoms with Crippen LogP contribution in [0.25, 0.3) is 0 Å². The van der Waals surface area contributed by atoms with Crippen molar-refractivity contribution < 1.29 is 0 Å². The van der Waals surface area contributed by atoms with E-state index >= 15 is 0 Å². The van der Waals surface area contributed by atoms with E-state index in [1.807, 2.05) is 0 Å². The molecule has 0 rings (SSSR count). The lowest BCUT2D eigenvalue weighted by Crippen LogP contribution is -2.21. The SMILES string of the molecule is C=C[Si](C)(C)CCC=NCCCCCC[Si](C)(C)C=C. The molecule has 116 valence electrons. The minimum Gasteiger partial charge on any atom is -0.298 e. The molecule has 0 amide bonds. The van der Waals surface area contributed by atoms with Crippen LogP contribution in [0.5, 0.6) is 0 Å². The number of hydrogen-bond acceptors (Lipinski definition) is 1. The minimum absolute atomic E-state index is 1.01. The molecule has 0 radical (unpaired) electrons. The van der Waals surface area contributed by atoms with E-state index in [0.717, 1.165) is 13.0 Å². The Bertz CT molecular complexity index is 306. The van der Waals surface area contributed by atoms with Crippen molar-refractivity contribution in [2.45, 2.75) is 70.4 Å². The second-order valence-electron chi connectivity index (χ2n) is 7.18. The van der Waals surface area contributed by atoms with E-state index in [9.17, 15) is 0 Å². The first kappa shape index (κ1) is 19.6. The molecule has 0 bridgehead atoms. The Hall–Kier alpha value is -0.416. The van der Waals surface area contributed by atoms with E-state index < -0.39 is 16.1 Å². The quantitative estimate of drug-likeness (QED) is 0.243. The Kier molecular flexibility index (Phi) is 10.1. The van der Waals surface area contributed by atoms with E-state index in [1.54, 1.807) is 0 Å². The Balaban J connectivity index is 3.45. The van der Waals surface area contributed by atoms with Crippen molar-refractivity contribution in [3.63, 3.8) is 0 Å². The van der Waals surface area contributed by atoms with Gasteiger partial charge in [-0.15, -0.1) is 24.6 Å². The van der Waals surface area contributed by atoms with Gasteiger partial charge in [0.15, 0.2) is 0 Å². The van der Waals surface area contributed by atoms with Crippen LogP contribution in [0.3, 0.4) is 0 Å². The van der Waals surface area contributed by atoms with E-state index in [4.69, 9.17) is 0 Å². The normalized spacial score (nSPS) is 12.8. The highest BCUT2D eigenvalue weighted by Crippen LogP contribution is 2.16. The maximum atomic E-state index is 4.53. The Morgan fingerprint density at radius 1 is 0.800 bits per heavy atom. The topological polar surface area (TPSA) is 12.4 Å². The summed E-state index contributed by atoms with van der Waals surface area (Å²) in [5, 5.41) is 0. The molecule has 0 spiro atoms. The molecule has 3 heteroatoms. The molecule has 0 saturated heterocycles. The molecule has 0 aromatic carbocycles. The summed E-state index contributed by atoms with van der Waals surface area (Å²) in [7, 11) is -2.17. The highest BCUT2D eigenvalue weighted by atomic mass is 28.3. The molecule has 0 aromatic heterocycles. The lowest BCUT2D eigenvalue weighted by molar-refractivity contribution is 0.672. The van der Waals surface area contributed by atoms with Crippen LogP contribution in [0.1, 0.15) is 32.1 Å². The van der Waals surface area contributed by atoms with Crippen LogP contribution in [-0.2, 0) is 0 Å². The van der Waals surface area contributed by atoms with Gasteiger partial charge >= 0.3 is 0 Å². The maximum Gasteiger partial charge on any atom is 0.0713 e. The summed E-state index contributed by atoms with van der Waals surface area (Å²) in [5.74, 6) is 0. The summed E-state index contributed by atoms with van der Waals surface area (Å²) in [6.45, 7) is 18.4. The molecule has 20 heavy (non-hydrogen) atoms. The second-order valence-corrected chi connectivity index (χ2v) is 16.9. The average molecular weight is 310 g/mol. The van der Waals surface area contributed by atoms with Gasteiger partial charge < -0.3 is 0 Å². The number of unbranched alkanes of at least 4 members (excludes halogenated alkanes) is 3. The molecule has 0 atom stereocenters. The summed E-state index contributed by atoms with van der Waals surface area (Å²) in [5.41, 5.74) is 4.39. The Morgan fingerprint density at radius 3 is 1.95 bits per heavy atom. The van der Waals surface area contributed by atoms with Gasteiger partial charge in [0.25, 0.3) is 0 Å². The van der Waals surface area contributed by atoms with Crippen LogP contribution in [-0.4, -0.2) is 28.9 Å². The van der Waals surface area contributed by atoms with E-state index in [1.165, 1.54) is 37.8 Å². The van der Waals surface area contributed by atoms with Crippen molar-refractivity contribution in [3.8, 4) is 0 Å². The molecule has 0 aromatic rings. The first-order valence-electron chi connectivity index (χ1n) is 8.08. The summed E-state index contributed by atoms with van der Waals surface area (Å²) < 4.78 is 0. The van der Waals surface area contributed by atoms with E-state index in [0.29, 0.717) is 0 Å². The highest BCUT2D eigenvalue weighted by molar-refractivity contribution is 6.82. The number of rotatable bonds is 12. The van der Waals surface area contributed by atoms with Crippen molar-refractivity contribution in [3.05, 3.63) is 24.6 Å². The fourth-order valence-corrected chi connectivity index (χ4v) is 4.40. The van der Waals surface area contributed by atoms with E-state index in [2.05, 4.69) is 62.0 Å². The van der Waals surface area contributed by atoms with Gasteiger partial charge in [-0.25, -0.2) is 0 Å². The lowest BCUT2D eigenvalue weighted by Gasteiger charge is -2.16. The number of aliphatic imine (C=N–C) groups is 1. The molecule has 0 aliphatic rings. The molecule has 0 fully saturated rings. The smallest absolute Gasteiger partial charge is 0.0713 e. The standard InChI is InChI=1S/C17H35NSi2/c1-7-19(3,4)16-12-10-9-11-14-18-15-13-17-20(5,6)8-2/h7-8,15H,1-2,9-14,16-17H2,3-6H3. The zero-order valence-electron chi connectivity index (χ0n) is 14.3. The summed E-state index contributed by atoms with van der Waals surface area (Å²) in [4.78, 5) is 4.53. The highest BCUT2D eigenvalue weighted by Gasteiger charge is 2.14. The molecule has 0 heterocycles. The second kappa shape index (κ2) is 10.3. The largest absolute Gasteiger partial charge is 0.298 e. The maximum absolute atomic E-state index is 4.53. The van der Waals surface area contributed by atoms with Crippen molar-refractivity contribution in [2.24, 2.45) is 4.99 Å². The first-order valence-corrected chi connectivity index (χ1v) is 14.7. The predicted octanol–water partition coefficient (Wildman–Crippen LogP) is 5.87. The van der Waals surface area contributed by atoms with Gasteiger partial charge in [0, 0.05) is 6.54 Å². The molecule has 0 saturated carbocycles. The molecule has 0 N–H and O–H groups in total. The fraction of sp³-hybridized carbons (Fsp3) is 0.706. The predicted molar refractivity (Wildman–Crippen MR) is 101 cm³/mol. The van der Waals surface area contributed by atoms with Crippen LogP contribution in [0.15, 0.2) is 29.5 Å². The third kappa shape index (κ3) is 11.4. The van der Waals surface area contributed by atoms with E-state index in [-0.39, 0.29) is 0 Å². The zero-order chi connectivity index (χ0) is 15.5. The number of nitrogens with zero attached hydrogens (tertiary/aromatic N) is 1. The van der Waals surface area contributed by atoms with Crippen molar-refractivity contribution in [1.82, 2.24) is 0 Å². The van der Waals surface area contributed by atoms with Gasteiger partial charge in [0.1, 0.15) is 0 Å². The van der Waals surface area contributed by atoms with Gasteiger partial charge in [-0.3, -0.25) is 4.99 Å². The number of hydrogen-bond donors (Lipinski definition) is 0. The first-order chi connectivity index (χ1) is 9.33. The average Bonchev–Trinajstić information content (AvgIpc) is 2.41. The van der Waals surface area contributed by atoms with Crippen molar-refractivity contribution in [1.29, 1.82) is 0 Å². The van der Waals surface area contributed by atoms with Gasteiger partial charge in [-0.2, -0.15) is 0 Å². The zero-order valence-corrected chi connectivity index (χ0v) is 16.3. The monoisotopic (exact) mass is 309 g/mol. The lowest BCUT2D eigenvalue weighted by atomic mass is 10.2. The molecule has 1 nitrogen and oxygen atoms in total. The molecule has 0 unspecified atom stereocenters. The van der Waals surface area contributed by atoms with Crippen LogP contribution in [0, 0.1) is 0 Å².